The molecule has 8 rings (SSSR count). The van der Waals surface area contributed by atoms with Crippen molar-refractivity contribution in [1.29, 1.82) is 5.26 Å². The number of hydrogen-bond donors (Lipinski definition) is 0. The number of fused-ring (bicyclic) bond motifs is 3. The number of piperidine rings is 1. The summed E-state index contributed by atoms with van der Waals surface area (Å²) in [7, 11) is -2.37. The van der Waals surface area contributed by atoms with E-state index in [4.69, 9.17) is 14.7 Å². The highest BCUT2D eigenvalue weighted by atomic mass is 32.2. The Hall–Kier alpha value is -5.29. The normalized spacial score (nSPS) is 17.8. The summed E-state index contributed by atoms with van der Waals surface area (Å²) in [4.78, 5) is 30.6. The van der Waals surface area contributed by atoms with Gasteiger partial charge in [0.1, 0.15) is 17.5 Å². The van der Waals surface area contributed by atoms with Gasteiger partial charge in [-0.1, -0.05) is 17.7 Å². The van der Waals surface area contributed by atoms with Gasteiger partial charge in [-0.25, -0.2) is 27.2 Å². The molecule has 0 aliphatic carbocycles. The number of aryl methyl sites for hydroxylation is 2. The summed E-state index contributed by atoms with van der Waals surface area (Å²) in [6.45, 7) is 8.65. The maximum atomic E-state index is 14.2. The van der Waals surface area contributed by atoms with Gasteiger partial charge in [0.2, 0.25) is 0 Å². The molecule has 1 amide bonds. The van der Waals surface area contributed by atoms with Gasteiger partial charge in [0.05, 0.1) is 52.5 Å². The zero-order valence-electron chi connectivity index (χ0n) is 26.6. The Labute approximate surface area is 272 Å². The lowest BCUT2D eigenvalue weighted by atomic mass is 9.88. The Morgan fingerprint density at radius 2 is 1.74 bits per heavy atom. The van der Waals surface area contributed by atoms with Crippen LogP contribution in [0.3, 0.4) is 0 Å². The molecular weight excluding hydrogens is 618 g/mol. The lowest BCUT2D eigenvalue weighted by Crippen LogP contribution is -2.70. The molecule has 0 spiro atoms. The maximum absolute atomic E-state index is 14.2. The van der Waals surface area contributed by atoms with E-state index in [1.54, 1.807) is 66.8 Å². The fourth-order valence-corrected chi connectivity index (χ4v) is 7.80. The summed E-state index contributed by atoms with van der Waals surface area (Å²) in [6.07, 6.45) is 8.52. The zero-order chi connectivity index (χ0) is 33.2. The first kappa shape index (κ1) is 30.4. The Morgan fingerprint density at radius 1 is 1.02 bits per heavy atom. The predicted molar refractivity (Wildman–Crippen MR) is 174 cm³/mol. The minimum absolute atomic E-state index is 0.0243. The molecule has 1 aromatic carbocycles. The SMILES string of the molecule is Cc1ccc(S(=O)(=O)n2c(-c3cnn(C)c3)cc3c(-c4cnc(N5CC6CC(C5)N6C(=O)OC(C)(C)C)cn4)c(C#N)cnc32)cc1. The van der Waals surface area contributed by atoms with E-state index < -0.39 is 15.6 Å². The molecule has 13 nitrogen and oxygen atoms in total. The molecular formula is C33H33N9O4S. The second-order valence-corrected chi connectivity index (χ2v) is 14.8. The largest absolute Gasteiger partial charge is 0.444 e. The van der Waals surface area contributed by atoms with Gasteiger partial charge in [0, 0.05) is 49.0 Å². The number of aromatic nitrogens is 6. The number of hydrogen-bond acceptors (Lipinski definition) is 10. The number of benzene rings is 1. The molecule has 2 atom stereocenters. The van der Waals surface area contributed by atoms with Gasteiger partial charge in [-0.2, -0.15) is 10.4 Å². The molecule has 2 bridgehead atoms. The van der Waals surface area contributed by atoms with Gasteiger partial charge in [-0.15, -0.1) is 0 Å². The summed E-state index contributed by atoms with van der Waals surface area (Å²) < 4.78 is 36.7. The number of amides is 1. The number of anilines is 1. The average molecular weight is 652 g/mol. The van der Waals surface area contributed by atoms with E-state index in [1.807, 2.05) is 32.6 Å². The topological polar surface area (TPSA) is 152 Å². The molecule has 5 aromatic rings. The second kappa shape index (κ2) is 10.9. The minimum atomic E-state index is -4.12. The van der Waals surface area contributed by atoms with Crippen LogP contribution in [-0.4, -0.2) is 78.9 Å². The third-order valence-corrected chi connectivity index (χ3v) is 10.2. The van der Waals surface area contributed by atoms with Crippen molar-refractivity contribution < 1.29 is 17.9 Å². The number of rotatable bonds is 5. The van der Waals surface area contributed by atoms with Crippen LogP contribution >= 0.6 is 0 Å². The van der Waals surface area contributed by atoms with Gasteiger partial charge >= 0.3 is 6.09 Å². The van der Waals surface area contributed by atoms with Gasteiger partial charge in [0.15, 0.2) is 5.65 Å². The fraction of sp³-hybridized carbons (Fsp3) is 0.333. The molecule has 3 aliphatic heterocycles. The standard InChI is InChI=1S/C33H33N9O4S/c1-20-6-8-25(9-7-20)47(44,45)42-28(22-14-38-39(5)17-22)11-26-30(21(12-34)13-37-31(26)42)27-15-36-29(16-35-27)40-18-23-10-24(19-40)41(23)32(43)46-33(2,3)4/h6-9,11,13-17,23-24H,10,18-19H2,1-5H3. The first-order valence-electron chi connectivity index (χ1n) is 15.2. The van der Waals surface area contributed by atoms with E-state index in [-0.39, 0.29) is 34.3 Å². The van der Waals surface area contributed by atoms with Crippen molar-refractivity contribution in [2.75, 3.05) is 18.0 Å². The molecule has 14 heteroatoms. The summed E-state index contributed by atoms with van der Waals surface area (Å²) >= 11 is 0. The van der Waals surface area contributed by atoms with Crippen molar-refractivity contribution in [3.63, 3.8) is 0 Å². The monoisotopic (exact) mass is 651 g/mol. The molecule has 47 heavy (non-hydrogen) atoms. The quantitative estimate of drug-likeness (QED) is 0.265. The summed E-state index contributed by atoms with van der Waals surface area (Å²) in [5, 5.41) is 14.8. The van der Waals surface area contributed by atoms with Crippen molar-refractivity contribution in [3.8, 4) is 28.6 Å². The molecule has 3 aliphatic rings. The van der Waals surface area contributed by atoms with E-state index >= 15 is 0 Å². The summed E-state index contributed by atoms with van der Waals surface area (Å²) in [5.41, 5.74) is 2.50. The van der Waals surface area contributed by atoms with E-state index in [1.165, 1.54) is 10.2 Å². The van der Waals surface area contributed by atoms with Gasteiger partial charge in [-0.3, -0.25) is 14.6 Å². The molecule has 0 N–H and O–H groups in total. The van der Waals surface area contributed by atoms with Crippen LogP contribution in [0.2, 0.25) is 0 Å². The van der Waals surface area contributed by atoms with E-state index in [0.717, 1.165) is 12.0 Å². The van der Waals surface area contributed by atoms with Crippen LogP contribution in [0.1, 0.15) is 38.3 Å². The summed E-state index contributed by atoms with van der Waals surface area (Å²) in [6, 6.07) is 10.6. The van der Waals surface area contributed by atoms with E-state index in [2.05, 4.69) is 21.1 Å². The maximum Gasteiger partial charge on any atom is 0.410 e. The molecule has 240 valence electrons. The van der Waals surface area contributed by atoms with Crippen molar-refractivity contribution in [2.24, 2.45) is 7.05 Å². The van der Waals surface area contributed by atoms with Crippen LogP contribution in [0.25, 0.3) is 33.5 Å². The van der Waals surface area contributed by atoms with Crippen LogP contribution < -0.4 is 4.90 Å². The number of nitriles is 1. The third-order valence-electron chi connectivity index (χ3n) is 8.48. The Kier molecular flexibility index (Phi) is 7.05. The van der Waals surface area contributed by atoms with Crippen LogP contribution in [0, 0.1) is 18.3 Å². The number of piperazine rings is 1. The molecule has 0 radical (unpaired) electrons. The Balaban J connectivity index is 1.27. The highest BCUT2D eigenvalue weighted by Gasteiger charge is 2.49. The van der Waals surface area contributed by atoms with Crippen LogP contribution in [0.15, 0.2) is 66.2 Å². The highest BCUT2D eigenvalue weighted by Crippen LogP contribution is 2.39. The van der Waals surface area contributed by atoms with Crippen LogP contribution in [0.5, 0.6) is 0 Å². The van der Waals surface area contributed by atoms with Crippen molar-refractivity contribution in [1.82, 2.24) is 33.6 Å². The molecule has 7 heterocycles. The van der Waals surface area contributed by atoms with Crippen molar-refractivity contribution >= 4 is 33.0 Å². The second-order valence-electron chi connectivity index (χ2n) is 13.0. The Bertz CT molecular complexity index is 2160. The molecule has 4 aromatic heterocycles. The van der Waals surface area contributed by atoms with Crippen molar-refractivity contribution in [2.45, 2.75) is 56.7 Å². The first-order chi connectivity index (χ1) is 22.3. The van der Waals surface area contributed by atoms with E-state index in [9.17, 15) is 18.5 Å². The highest BCUT2D eigenvalue weighted by molar-refractivity contribution is 7.90. The number of pyridine rings is 1. The minimum Gasteiger partial charge on any atom is -0.444 e. The zero-order valence-corrected chi connectivity index (χ0v) is 27.4. The third kappa shape index (κ3) is 5.26. The smallest absolute Gasteiger partial charge is 0.410 e. The molecule has 3 saturated heterocycles. The fourth-order valence-electron chi connectivity index (χ4n) is 6.32. The lowest BCUT2D eigenvalue weighted by molar-refractivity contribution is -0.0380. The number of ether oxygens (including phenoxy) is 1. The van der Waals surface area contributed by atoms with Gasteiger partial charge < -0.3 is 9.64 Å². The number of carbonyl (C=O) groups is 1. The van der Waals surface area contributed by atoms with Crippen LogP contribution in [-0.2, 0) is 21.8 Å². The molecule has 3 fully saturated rings. The first-order valence-corrected chi connectivity index (χ1v) is 16.6. The van der Waals surface area contributed by atoms with Crippen molar-refractivity contribution in [3.05, 3.63) is 72.4 Å². The number of nitrogens with zero attached hydrogens (tertiary/aromatic N) is 9. The summed E-state index contributed by atoms with van der Waals surface area (Å²) in [5.74, 6) is 0.645. The van der Waals surface area contributed by atoms with E-state index in [0.29, 0.717) is 46.8 Å². The molecule has 0 saturated carbocycles. The van der Waals surface area contributed by atoms with Gasteiger partial charge in [-0.05, 0) is 52.3 Å². The average Bonchev–Trinajstić information content (AvgIpc) is 3.64. The number of carbonyl (C=O) groups excluding carboxylic acids is 1. The lowest BCUT2D eigenvalue weighted by Gasteiger charge is -2.55. The Morgan fingerprint density at radius 3 is 2.34 bits per heavy atom. The van der Waals surface area contributed by atoms with Crippen LogP contribution in [0.4, 0.5) is 10.6 Å². The van der Waals surface area contributed by atoms with Gasteiger partial charge in [0.25, 0.3) is 10.0 Å². The molecule has 2 unspecified atom stereocenters. The predicted octanol–water partition coefficient (Wildman–Crippen LogP) is 4.51.